The minimum Gasteiger partial charge on any atom is -0.453 e. The smallest absolute Gasteiger partial charge is 0.357 e. The number of nitrogens with zero attached hydrogens (tertiary/aromatic N) is 1. The highest BCUT2D eigenvalue weighted by atomic mass is 19.1. The zero-order valence-corrected chi connectivity index (χ0v) is 9.84. The van der Waals surface area contributed by atoms with E-state index in [0.717, 1.165) is 5.56 Å². The predicted octanol–water partition coefficient (Wildman–Crippen LogP) is 3.14. The summed E-state index contributed by atoms with van der Waals surface area (Å²) in [4.78, 5) is 15.2. The average molecular weight is 245 g/mol. The second-order valence-corrected chi connectivity index (χ2v) is 3.80. The number of hydrogen-bond acceptors (Lipinski definition) is 3. The normalized spacial score (nSPS) is 11.9. The van der Waals surface area contributed by atoms with Crippen LogP contribution in [-0.4, -0.2) is 11.0 Å². The fourth-order valence-electron chi connectivity index (χ4n) is 1.53. The molecule has 0 amide bonds. The number of ether oxygens (including phenoxy) is 1. The third-order valence-electron chi connectivity index (χ3n) is 2.48. The molecule has 0 aliphatic rings. The lowest BCUT2D eigenvalue weighted by atomic mass is 10.1. The van der Waals surface area contributed by atoms with Crippen LogP contribution in [0.15, 0.2) is 48.5 Å². The van der Waals surface area contributed by atoms with Crippen molar-refractivity contribution in [2.24, 2.45) is 0 Å². The largest absolute Gasteiger partial charge is 0.453 e. The van der Waals surface area contributed by atoms with Crippen molar-refractivity contribution < 1.29 is 13.9 Å². The van der Waals surface area contributed by atoms with Crippen LogP contribution in [0.2, 0.25) is 0 Å². The van der Waals surface area contributed by atoms with Crippen LogP contribution < -0.4 is 0 Å². The molecule has 1 unspecified atom stereocenters. The number of esters is 1. The molecule has 1 heterocycles. The number of hydrogen-bond donors (Lipinski definition) is 0. The van der Waals surface area contributed by atoms with Crippen LogP contribution in [0, 0.1) is 5.95 Å². The van der Waals surface area contributed by atoms with Crippen LogP contribution >= 0.6 is 0 Å². The van der Waals surface area contributed by atoms with Crippen LogP contribution in [0.3, 0.4) is 0 Å². The van der Waals surface area contributed by atoms with Crippen molar-refractivity contribution in [3.05, 3.63) is 65.7 Å². The van der Waals surface area contributed by atoms with Gasteiger partial charge in [0.15, 0.2) is 5.69 Å². The molecule has 0 bridgehead atoms. The van der Waals surface area contributed by atoms with Gasteiger partial charge in [-0.2, -0.15) is 4.39 Å². The van der Waals surface area contributed by atoms with E-state index in [1.165, 1.54) is 18.2 Å². The predicted molar refractivity (Wildman–Crippen MR) is 64.5 cm³/mol. The van der Waals surface area contributed by atoms with E-state index in [1.807, 2.05) is 30.3 Å². The van der Waals surface area contributed by atoms with E-state index >= 15 is 0 Å². The summed E-state index contributed by atoms with van der Waals surface area (Å²) in [7, 11) is 0. The minimum absolute atomic E-state index is 0.0298. The summed E-state index contributed by atoms with van der Waals surface area (Å²) in [6, 6.07) is 13.3. The molecule has 0 saturated carbocycles. The second-order valence-electron chi connectivity index (χ2n) is 3.80. The molecule has 1 aromatic carbocycles. The van der Waals surface area contributed by atoms with Crippen LogP contribution in [0.1, 0.15) is 29.1 Å². The van der Waals surface area contributed by atoms with Crippen molar-refractivity contribution in [3.63, 3.8) is 0 Å². The van der Waals surface area contributed by atoms with Gasteiger partial charge in [0.2, 0.25) is 5.95 Å². The number of carbonyl (C=O) groups is 1. The number of halogens is 1. The Hall–Kier alpha value is -2.23. The molecular weight excluding hydrogens is 233 g/mol. The van der Waals surface area contributed by atoms with Crippen molar-refractivity contribution >= 4 is 5.97 Å². The van der Waals surface area contributed by atoms with Crippen molar-refractivity contribution in [1.82, 2.24) is 4.98 Å². The zero-order chi connectivity index (χ0) is 13.0. The first-order chi connectivity index (χ1) is 8.66. The molecule has 0 aliphatic carbocycles. The molecule has 0 N–H and O–H groups in total. The van der Waals surface area contributed by atoms with E-state index in [1.54, 1.807) is 6.92 Å². The average Bonchev–Trinajstić information content (AvgIpc) is 2.39. The minimum atomic E-state index is -0.697. The van der Waals surface area contributed by atoms with E-state index in [4.69, 9.17) is 4.74 Å². The molecule has 2 rings (SSSR count). The van der Waals surface area contributed by atoms with Crippen molar-refractivity contribution in [2.75, 3.05) is 0 Å². The Morgan fingerprint density at radius 2 is 1.89 bits per heavy atom. The first kappa shape index (κ1) is 12.2. The highest BCUT2D eigenvalue weighted by Gasteiger charge is 2.14. The van der Waals surface area contributed by atoms with Crippen LogP contribution in [0.4, 0.5) is 4.39 Å². The van der Waals surface area contributed by atoms with E-state index in [9.17, 15) is 9.18 Å². The topological polar surface area (TPSA) is 39.2 Å². The summed E-state index contributed by atoms with van der Waals surface area (Å²) in [6.07, 6.45) is -0.399. The van der Waals surface area contributed by atoms with Crippen LogP contribution in [-0.2, 0) is 4.74 Å². The molecule has 0 saturated heterocycles. The first-order valence-electron chi connectivity index (χ1n) is 5.55. The molecule has 4 heteroatoms. The summed E-state index contributed by atoms with van der Waals surface area (Å²) < 4.78 is 18.1. The maximum absolute atomic E-state index is 12.9. The molecule has 0 aliphatic heterocycles. The van der Waals surface area contributed by atoms with Gasteiger partial charge in [0, 0.05) is 0 Å². The number of aromatic nitrogens is 1. The van der Waals surface area contributed by atoms with E-state index in [-0.39, 0.29) is 5.69 Å². The van der Waals surface area contributed by atoms with Gasteiger partial charge >= 0.3 is 5.97 Å². The molecule has 0 fully saturated rings. The summed E-state index contributed by atoms with van der Waals surface area (Å²) in [5.41, 5.74) is 0.847. The number of rotatable bonds is 3. The molecular formula is C14H12FNO2. The van der Waals surface area contributed by atoms with Gasteiger partial charge in [0.25, 0.3) is 0 Å². The van der Waals surface area contributed by atoms with Gasteiger partial charge in [0.05, 0.1) is 0 Å². The Morgan fingerprint density at radius 1 is 1.17 bits per heavy atom. The molecule has 18 heavy (non-hydrogen) atoms. The molecule has 0 spiro atoms. The van der Waals surface area contributed by atoms with Gasteiger partial charge in [-0.05, 0) is 24.6 Å². The Morgan fingerprint density at radius 3 is 2.56 bits per heavy atom. The third-order valence-corrected chi connectivity index (χ3v) is 2.48. The lowest BCUT2D eigenvalue weighted by Crippen LogP contribution is -2.11. The number of pyridine rings is 1. The number of benzene rings is 1. The van der Waals surface area contributed by atoms with Crippen LogP contribution in [0.5, 0.6) is 0 Å². The lowest BCUT2D eigenvalue weighted by Gasteiger charge is -2.12. The maximum atomic E-state index is 12.9. The van der Waals surface area contributed by atoms with Crippen molar-refractivity contribution in [3.8, 4) is 0 Å². The summed E-state index contributed by atoms with van der Waals surface area (Å²) >= 11 is 0. The lowest BCUT2D eigenvalue weighted by molar-refractivity contribution is 0.0329. The fraction of sp³-hybridized carbons (Fsp3) is 0.143. The molecule has 92 valence electrons. The molecule has 1 aromatic heterocycles. The van der Waals surface area contributed by atoms with Crippen molar-refractivity contribution in [2.45, 2.75) is 13.0 Å². The molecule has 3 nitrogen and oxygen atoms in total. The Kier molecular flexibility index (Phi) is 3.67. The van der Waals surface area contributed by atoms with E-state index in [0.29, 0.717) is 0 Å². The van der Waals surface area contributed by atoms with Gasteiger partial charge < -0.3 is 4.74 Å². The van der Waals surface area contributed by atoms with Crippen molar-refractivity contribution in [1.29, 1.82) is 0 Å². The Labute approximate surface area is 104 Å². The second kappa shape index (κ2) is 5.40. The first-order valence-corrected chi connectivity index (χ1v) is 5.55. The highest BCUT2D eigenvalue weighted by molar-refractivity contribution is 5.87. The monoisotopic (exact) mass is 245 g/mol. The number of carbonyl (C=O) groups excluding carboxylic acids is 1. The van der Waals surface area contributed by atoms with E-state index in [2.05, 4.69) is 4.98 Å². The summed E-state index contributed by atoms with van der Waals surface area (Å²) in [5, 5.41) is 0. The fourth-order valence-corrected chi connectivity index (χ4v) is 1.53. The standard InChI is InChI=1S/C14H12FNO2/c1-10(11-6-3-2-4-7-11)18-14(17)12-8-5-9-13(15)16-12/h2-10H,1H3. The van der Waals surface area contributed by atoms with Gasteiger partial charge in [-0.15, -0.1) is 0 Å². The van der Waals surface area contributed by atoms with E-state index < -0.39 is 18.0 Å². The Balaban J connectivity index is 2.08. The third kappa shape index (κ3) is 2.91. The van der Waals surface area contributed by atoms with Gasteiger partial charge in [-0.3, -0.25) is 0 Å². The zero-order valence-electron chi connectivity index (χ0n) is 9.84. The molecule has 1 atom stereocenters. The SMILES string of the molecule is CC(OC(=O)c1cccc(F)n1)c1ccccc1. The molecule has 2 aromatic rings. The maximum Gasteiger partial charge on any atom is 0.357 e. The van der Waals surface area contributed by atoms with Gasteiger partial charge in [-0.1, -0.05) is 36.4 Å². The summed E-state index contributed by atoms with van der Waals surface area (Å²) in [6.45, 7) is 1.76. The van der Waals surface area contributed by atoms with Gasteiger partial charge in [0.1, 0.15) is 6.10 Å². The Bertz CT molecular complexity index is 543. The summed E-state index contributed by atoms with van der Waals surface area (Å²) in [5.74, 6) is -1.33. The van der Waals surface area contributed by atoms with Gasteiger partial charge in [-0.25, -0.2) is 9.78 Å². The molecule has 0 radical (unpaired) electrons. The quantitative estimate of drug-likeness (QED) is 0.616. The van der Waals surface area contributed by atoms with Crippen LogP contribution in [0.25, 0.3) is 0 Å². The highest BCUT2D eigenvalue weighted by Crippen LogP contribution is 2.17.